The smallest absolute Gasteiger partial charge is 0.272 e. The molecule has 23 heavy (non-hydrogen) atoms. The van der Waals surface area contributed by atoms with E-state index in [2.05, 4.69) is 23.7 Å². The summed E-state index contributed by atoms with van der Waals surface area (Å²) in [6.07, 6.45) is 5.22. The summed E-state index contributed by atoms with van der Waals surface area (Å²) < 4.78 is 4.80. The minimum Gasteiger partial charge on any atom is -0.304 e. The Morgan fingerprint density at radius 1 is 1.30 bits per heavy atom. The van der Waals surface area contributed by atoms with Gasteiger partial charge in [0.25, 0.3) is 5.56 Å². The van der Waals surface area contributed by atoms with Gasteiger partial charge in [-0.25, -0.2) is 4.98 Å². The first-order valence-corrected chi connectivity index (χ1v) is 8.67. The average molecular weight is 343 g/mol. The molecule has 0 atom stereocenters. The van der Waals surface area contributed by atoms with Gasteiger partial charge in [0, 0.05) is 13.1 Å². The summed E-state index contributed by atoms with van der Waals surface area (Å²) in [4.78, 5) is 17.0. The molecule has 0 aliphatic rings. The Balaban J connectivity index is 1.82. The highest BCUT2D eigenvalue weighted by atomic mass is 32.1. The highest BCUT2D eigenvalue weighted by Gasteiger charge is 2.11. The van der Waals surface area contributed by atoms with E-state index in [0.717, 1.165) is 12.8 Å². The standard InChI is InChI=1S/C17H17N3OS2/c1-2-10-20-15-14(23-17(20)22)16(21)19(12-18-15)11-6-9-13-7-4-3-5-8-13/h2-5,7-8,12H,1,6,9-11H2. The summed E-state index contributed by atoms with van der Waals surface area (Å²) >= 11 is 6.64. The summed E-state index contributed by atoms with van der Waals surface area (Å²) in [6, 6.07) is 10.3. The van der Waals surface area contributed by atoms with Gasteiger partial charge in [0.05, 0.1) is 6.33 Å². The van der Waals surface area contributed by atoms with Crippen molar-refractivity contribution in [3.05, 3.63) is 69.2 Å². The van der Waals surface area contributed by atoms with Crippen molar-refractivity contribution in [1.29, 1.82) is 0 Å². The Kier molecular flexibility index (Phi) is 4.83. The van der Waals surface area contributed by atoms with Crippen molar-refractivity contribution in [2.24, 2.45) is 0 Å². The van der Waals surface area contributed by atoms with Crippen molar-refractivity contribution in [3.63, 3.8) is 0 Å². The predicted octanol–water partition coefficient (Wildman–Crippen LogP) is 3.81. The molecule has 0 unspecified atom stereocenters. The molecule has 0 bridgehead atoms. The monoisotopic (exact) mass is 343 g/mol. The van der Waals surface area contributed by atoms with Crippen LogP contribution < -0.4 is 5.56 Å². The normalized spacial score (nSPS) is 11.0. The van der Waals surface area contributed by atoms with Crippen LogP contribution in [0, 0.1) is 3.95 Å². The van der Waals surface area contributed by atoms with Crippen LogP contribution >= 0.6 is 23.6 Å². The molecule has 6 heteroatoms. The van der Waals surface area contributed by atoms with Crippen LogP contribution in [0.1, 0.15) is 12.0 Å². The second-order valence-corrected chi connectivity index (χ2v) is 6.90. The number of aromatic nitrogens is 3. The van der Waals surface area contributed by atoms with Gasteiger partial charge in [-0.05, 0) is 30.6 Å². The van der Waals surface area contributed by atoms with Crippen LogP contribution in [0.2, 0.25) is 0 Å². The lowest BCUT2D eigenvalue weighted by Crippen LogP contribution is -2.20. The summed E-state index contributed by atoms with van der Waals surface area (Å²) in [5, 5.41) is 0. The zero-order chi connectivity index (χ0) is 16.2. The summed E-state index contributed by atoms with van der Waals surface area (Å²) in [5.74, 6) is 0. The number of nitrogens with zero attached hydrogens (tertiary/aromatic N) is 3. The minimum atomic E-state index is -0.0121. The van der Waals surface area contributed by atoms with Gasteiger partial charge in [-0.15, -0.1) is 6.58 Å². The quantitative estimate of drug-likeness (QED) is 0.505. The van der Waals surface area contributed by atoms with Crippen molar-refractivity contribution in [2.75, 3.05) is 0 Å². The first-order chi connectivity index (χ1) is 11.2. The SMILES string of the molecule is C=CCn1c(=S)sc2c(=O)n(CCCc3ccccc3)cnc21. The highest BCUT2D eigenvalue weighted by Crippen LogP contribution is 2.17. The van der Waals surface area contributed by atoms with Crippen molar-refractivity contribution >= 4 is 33.9 Å². The Bertz CT molecular complexity index is 938. The third-order valence-corrected chi connectivity index (χ3v) is 5.09. The lowest BCUT2D eigenvalue weighted by Gasteiger charge is -2.06. The van der Waals surface area contributed by atoms with E-state index >= 15 is 0 Å². The lowest BCUT2D eigenvalue weighted by atomic mass is 10.1. The van der Waals surface area contributed by atoms with E-state index in [-0.39, 0.29) is 5.56 Å². The van der Waals surface area contributed by atoms with Crippen LogP contribution in [0.25, 0.3) is 10.3 Å². The Morgan fingerprint density at radius 2 is 2.09 bits per heavy atom. The predicted molar refractivity (Wildman–Crippen MR) is 97.7 cm³/mol. The van der Waals surface area contributed by atoms with Crippen LogP contribution in [0.5, 0.6) is 0 Å². The van der Waals surface area contributed by atoms with Crippen molar-refractivity contribution in [3.8, 4) is 0 Å². The van der Waals surface area contributed by atoms with Gasteiger partial charge < -0.3 is 4.57 Å². The van der Waals surface area contributed by atoms with Gasteiger partial charge in [-0.3, -0.25) is 9.36 Å². The maximum atomic E-state index is 12.6. The van der Waals surface area contributed by atoms with E-state index in [1.165, 1.54) is 16.9 Å². The Morgan fingerprint density at radius 3 is 2.83 bits per heavy atom. The summed E-state index contributed by atoms with van der Waals surface area (Å²) in [5.41, 5.74) is 1.92. The van der Waals surface area contributed by atoms with Gasteiger partial charge >= 0.3 is 0 Å². The zero-order valence-corrected chi connectivity index (χ0v) is 14.3. The summed E-state index contributed by atoms with van der Waals surface area (Å²) in [6.45, 7) is 4.95. The second-order valence-electron chi connectivity index (χ2n) is 5.25. The second kappa shape index (κ2) is 7.02. The fourth-order valence-corrected chi connectivity index (χ4v) is 3.84. The maximum absolute atomic E-state index is 12.6. The van der Waals surface area contributed by atoms with Gasteiger partial charge in [-0.2, -0.15) is 0 Å². The number of hydrogen-bond acceptors (Lipinski definition) is 4. The van der Waals surface area contributed by atoms with Gasteiger partial charge in [0.15, 0.2) is 9.60 Å². The van der Waals surface area contributed by atoms with E-state index in [1.54, 1.807) is 17.0 Å². The molecule has 0 saturated heterocycles. The van der Waals surface area contributed by atoms with Crippen LogP contribution in [-0.4, -0.2) is 14.1 Å². The number of benzene rings is 1. The average Bonchev–Trinajstić information content (AvgIpc) is 2.88. The molecular weight excluding hydrogens is 326 g/mol. The topological polar surface area (TPSA) is 39.8 Å². The largest absolute Gasteiger partial charge is 0.304 e. The van der Waals surface area contributed by atoms with Crippen molar-refractivity contribution < 1.29 is 0 Å². The van der Waals surface area contributed by atoms with E-state index in [4.69, 9.17) is 12.2 Å². The molecule has 0 aliphatic heterocycles. The summed E-state index contributed by atoms with van der Waals surface area (Å²) in [7, 11) is 0. The number of thiazole rings is 1. The Hall–Kier alpha value is -2.05. The fraction of sp³-hybridized carbons (Fsp3) is 0.235. The third kappa shape index (κ3) is 3.33. The van der Waals surface area contributed by atoms with Crippen LogP contribution in [0.4, 0.5) is 0 Å². The molecule has 0 N–H and O–H groups in total. The molecule has 0 amide bonds. The molecule has 118 valence electrons. The molecule has 0 fully saturated rings. The number of rotatable bonds is 6. The molecule has 1 aromatic carbocycles. The molecule has 4 nitrogen and oxygen atoms in total. The van der Waals surface area contributed by atoms with E-state index in [0.29, 0.717) is 27.4 Å². The Labute approximate surface area is 143 Å². The number of aryl methyl sites for hydroxylation is 2. The molecule has 0 radical (unpaired) electrons. The molecular formula is C17H17N3OS2. The highest BCUT2D eigenvalue weighted by molar-refractivity contribution is 7.73. The van der Waals surface area contributed by atoms with E-state index < -0.39 is 0 Å². The first-order valence-electron chi connectivity index (χ1n) is 7.44. The maximum Gasteiger partial charge on any atom is 0.272 e. The number of hydrogen-bond donors (Lipinski definition) is 0. The molecule has 3 rings (SSSR count). The molecule has 3 aromatic rings. The van der Waals surface area contributed by atoms with Crippen molar-refractivity contribution in [2.45, 2.75) is 25.9 Å². The molecule has 0 saturated carbocycles. The molecule has 2 aromatic heterocycles. The van der Waals surface area contributed by atoms with Gasteiger partial charge in [0.1, 0.15) is 4.70 Å². The molecule has 2 heterocycles. The lowest BCUT2D eigenvalue weighted by molar-refractivity contribution is 0.616. The van der Waals surface area contributed by atoms with Crippen LogP contribution in [0.15, 0.2) is 54.1 Å². The number of fused-ring (bicyclic) bond motifs is 1. The zero-order valence-electron chi connectivity index (χ0n) is 12.6. The van der Waals surface area contributed by atoms with Crippen LogP contribution in [0.3, 0.4) is 0 Å². The molecule has 0 aliphatic carbocycles. The van der Waals surface area contributed by atoms with E-state index in [9.17, 15) is 4.79 Å². The fourth-order valence-electron chi connectivity index (χ4n) is 2.52. The number of allylic oxidation sites excluding steroid dienone is 1. The van der Waals surface area contributed by atoms with Crippen molar-refractivity contribution in [1.82, 2.24) is 14.1 Å². The minimum absolute atomic E-state index is 0.0121. The third-order valence-electron chi connectivity index (χ3n) is 3.66. The van der Waals surface area contributed by atoms with E-state index in [1.807, 2.05) is 22.8 Å². The van der Waals surface area contributed by atoms with Gasteiger partial charge in [0.2, 0.25) is 0 Å². The molecule has 0 spiro atoms. The van der Waals surface area contributed by atoms with Gasteiger partial charge in [-0.1, -0.05) is 47.7 Å². The van der Waals surface area contributed by atoms with Crippen LogP contribution in [-0.2, 0) is 19.5 Å². The first kappa shape index (κ1) is 15.8.